The zero-order valence-corrected chi connectivity index (χ0v) is 12.4. The van der Waals surface area contributed by atoms with Gasteiger partial charge in [0.25, 0.3) is 0 Å². The Morgan fingerprint density at radius 1 is 1.50 bits per heavy atom. The number of benzene rings is 1. The van der Waals surface area contributed by atoms with Gasteiger partial charge in [0.2, 0.25) is 5.91 Å². The molecule has 1 fully saturated rings. The molecule has 1 N–H and O–H groups in total. The first-order valence-electron chi connectivity index (χ1n) is 7.16. The highest BCUT2D eigenvalue weighted by Crippen LogP contribution is 2.33. The molecule has 1 atom stereocenters. The smallest absolute Gasteiger partial charge is 0.224 e. The van der Waals surface area contributed by atoms with E-state index in [1.807, 2.05) is 25.1 Å². The van der Waals surface area contributed by atoms with Crippen LogP contribution < -0.4 is 10.2 Å². The van der Waals surface area contributed by atoms with Crippen molar-refractivity contribution >= 4 is 33.3 Å². The minimum atomic E-state index is 0.101. The molecule has 1 aromatic carbocycles. The highest BCUT2D eigenvalue weighted by atomic mass is 32.1. The summed E-state index contributed by atoms with van der Waals surface area (Å²) < 4.78 is 4.50. The maximum absolute atomic E-state index is 12.0. The molecule has 3 rings (SSSR count). The van der Waals surface area contributed by atoms with Crippen LogP contribution in [0, 0.1) is 5.92 Å². The van der Waals surface area contributed by atoms with E-state index < -0.39 is 0 Å². The van der Waals surface area contributed by atoms with Gasteiger partial charge >= 0.3 is 0 Å². The number of carbonyl (C=O) groups excluding carboxylic acids is 1. The number of aromatic nitrogens is 1. The molecule has 0 radical (unpaired) electrons. The zero-order valence-electron chi connectivity index (χ0n) is 11.6. The average molecular weight is 289 g/mol. The van der Waals surface area contributed by atoms with Crippen molar-refractivity contribution in [3.63, 3.8) is 0 Å². The van der Waals surface area contributed by atoms with E-state index in [0.29, 0.717) is 6.54 Å². The fourth-order valence-electron chi connectivity index (χ4n) is 2.80. The molecule has 0 spiro atoms. The molecule has 0 bridgehead atoms. The van der Waals surface area contributed by atoms with Gasteiger partial charge in [0.05, 0.1) is 11.4 Å². The average Bonchev–Trinajstić information content (AvgIpc) is 2.91. The fourth-order valence-corrected chi connectivity index (χ4v) is 3.69. The van der Waals surface area contributed by atoms with Crippen molar-refractivity contribution in [2.24, 2.45) is 5.92 Å². The molecular formula is C15H19N3OS. The van der Waals surface area contributed by atoms with Crippen molar-refractivity contribution in [3.8, 4) is 0 Å². The Hall–Kier alpha value is -1.62. The van der Waals surface area contributed by atoms with Gasteiger partial charge in [0.1, 0.15) is 5.00 Å². The maximum Gasteiger partial charge on any atom is 0.224 e. The van der Waals surface area contributed by atoms with Gasteiger partial charge in [-0.1, -0.05) is 12.1 Å². The second-order valence-corrected chi connectivity index (χ2v) is 5.94. The number of carbonyl (C=O) groups is 1. The second-order valence-electron chi connectivity index (χ2n) is 5.18. The van der Waals surface area contributed by atoms with Gasteiger partial charge in [-0.05, 0) is 43.4 Å². The molecule has 1 aromatic heterocycles. The Labute approximate surface area is 122 Å². The molecule has 106 valence electrons. The lowest BCUT2D eigenvalue weighted by atomic mass is 9.97. The highest BCUT2D eigenvalue weighted by Gasteiger charge is 2.27. The number of anilines is 1. The van der Waals surface area contributed by atoms with Crippen molar-refractivity contribution in [2.45, 2.75) is 19.8 Å². The lowest BCUT2D eigenvalue weighted by Crippen LogP contribution is -2.42. The van der Waals surface area contributed by atoms with E-state index in [1.54, 1.807) is 11.5 Å². The maximum atomic E-state index is 12.0. The number of piperidine rings is 1. The number of rotatable bonds is 3. The molecule has 2 heterocycles. The van der Waals surface area contributed by atoms with E-state index in [2.05, 4.69) is 20.7 Å². The molecule has 4 nitrogen and oxygen atoms in total. The monoisotopic (exact) mass is 289 g/mol. The van der Waals surface area contributed by atoms with Gasteiger partial charge in [-0.2, -0.15) is 4.37 Å². The molecule has 1 unspecified atom stereocenters. The third-order valence-electron chi connectivity index (χ3n) is 3.80. The Kier molecular flexibility index (Phi) is 3.87. The van der Waals surface area contributed by atoms with Gasteiger partial charge in [0.15, 0.2) is 0 Å². The Morgan fingerprint density at radius 2 is 2.35 bits per heavy atom. The first-order chi connectivity index (χ1) is 9.79. The summed E-state index contributed by atoms with van der Waals surface area (Å²) in [6.45, 7) is 4.49. The summed E-state index contributed by atoms with van der Waals surface area (Å²) in [7, 11) is 0. The summed E-state index contributed by atoms with van der Waals surface area (Å²) in [5, 5.41) is 5.35. The molecule has 0 saturated carbocycles. The predicted octanol–water partition coefficient (Wildman–Crippen LogP) is 2.65. The summed E-state index contributed by atoms with van der Waals surface area (Å²) >= 11 is 1.54. The molecule has 20 heavy (non-hydrogen) atoms. The Balaban J connectivity index is 1.81. The van der Waals surface area contributed by atoms with E-state index in [9.17, 15) is 4.79 Å². The first kappa shape index (κ1) is 13.4. The van der Waals surface area contributed by atoms with Gasteiger partial charge in [-0.3, -0.25) is 4.79 Å². The molecule has 2 aromatic rings. The van der Waals surface area contributed by atoms with Crippen molar-refractivity contribution < 1.29 is 4.79 Å². The van der Waals surface area contributed by atoms with Crippen LogP contribution in [0.2, 0.25) is 0 Å². The van der Waals surface area contributed by atoms with Crippen LogP contribution in [0.15, 0.2) is 24.3 Å². The predicted molar refractivity (Wildman–Crippen MR) is 83.2 cm³/mol. The molecule has 1 amide bonds. The van der Waals surface area contributed by atoms with E-state index in [-0.39, 0.29) is 11.8 Å². The van der Waals surface area contributed by atoms with Crippen LogP contribution in [-0.4, -0.2) is 29.9 Å². The molecule has 1 aliphatic heterocycles. The van der Waals surface area contributed by atoms with E-state index >= 15 is 0 Å². The molecule has 1 aliphatic rings. The number of fused-ring (bicyclic) bond motifs is 1. The van der Waals surface area contributed by atoms with Gasteiger partial charge in [-0.25, -0.2) is 0 Å². The number of nitrogens with one attached hydrogen (secondary N) is 1. The third kappa shape index (κ3) is 2.50. The summed E-state index contributed by atoms with van der Waals surface area (Å²) in [6.07, 6.45) is 2.05. The van der Waals surface area contributed by atoms with Crippen molar-refractivity contribution in [2.75, 3.05) is 24.5 Å². The second kappa shape index (κ2) is 5.79. The SMILES string of the molecule is CCNC(=O)C1CCCN(c2snc3ccccc23)C1. The number of nitrogens with zero attached hydrogens (tertiary/aromatic N) is 2. The summed E-state index contributed by atoms with van der Waals surface area (Å²) in [5.41, 5.74) is 1.05. The van der Waals surface area contributed by atoms with Crippen LogP contribution >= 0.6 is 11.5 Å². The van der Waals surface area contributed by atoms with E-state index in [0.717, 1.165) is 31.4 Å². The summed E-state index contributed by atoms with van der Waals surface area (Å²) in [6, 6.07) is 8.22. The largest absolute Gasteiger partial charge is 0.361 e. The zero-order chi connectivity index (χ0) is 13.9. The quantitative estimate of drug-likeness (QED) is 0.945. The van der Waals surface area contributed by atoms with Crippen LogP contribution in [0.25, 0.3) is 10.9 Å². The van der Waals surface area contributed by atoms with Crippen molar-refractivity contribution in [3.05, 3.63) is 24.3 Å². The van der Waals surface area contributed by atoms with Gasteiger partial charge in [0, 0.05) is 25.0 Å². The van der Waals surface area contributed by atoms with Crippen LogP contribution in [0.3, 0.4) is 0 Å². The standard InChI is InChI=1S/C15H19N3OS/c1-2-16-14(19)11-6-5-9-18(10-11)15-12-7-3-4-8-13(12)17-20-15/h3-4,7-8,11H,2,5-6,9-10H2,1H3,(H,16,19). The van der Waals surface area contributed by atoms with E-state index in [1.165, 1.54) is 10.4 Å². The molecule has 1 saturated heterocycles. The van der Waals surface area contributed by atoms with Gasteiger partial charge in [-0.15, -0.1) is 0 Å². The number of amides is 1. The van der Waals surface area contributed by atoms with E-state index in [4.69, 9.17) is 0 Å². The minimum Gasteiger partial charge on any atom is -0.361 e. The molecule has 5 heteroatoms. The Morgan fingerprint density at radius 3 is 3.20 bits per heavy atom. The highest BCUT2D eigenvalue weighted by molar-refractivity contribution is 7.11. The fraction of sp³-hybridized carbons (Fsp3) is 0.467. The molecular weight excluding hydrogens is 270 g/mol. The lowest BCUT2D eigenvalue weighted by Gasteiger charge is -2.32. The number of hydrogen-bond acceptors (Lipinski definition) is 4. The lowest BCUT2D eigenvalue weighted by molar-refractivity contribution is -0.125. The summed E-state index contributed by atoms with van der Waals surface area (Å²) in [5.74, 6) is 0.288. The third-order valence-corrected chi connectivity index (χ3v) is 4.73. The summed E-state index contributed by atoms with van der Waals surface area (Å²) in [4.78, 5) is 14.3. The van der Waals surface area contributed by atoms with Crippen molar-refractivity contribution in [1.29, 1.82) is 0 Å². The Bertz CT molecular complexity index is 610. The van der Waals surface area contributed by atoms with Gasteiger partial charge < -0.3 is 10.2 Å². The minimum absolute atomic E-state index is 0.101. The first-order valence-corrected chi connectivity index (χ1v) is 7.94. The van der Waals surface area contributed by atoms with Crippen LogP contribution in [0.1, 0.15) is 19.8 Å². The number of hydrogen-bond donors (Lipinski definition) is 1. The topological polar surface area (TPSA) is 45.2 Å². The van der Waals surface area contributed by atoms with Crippen LogP contribution in [0.5, 0.6) is 0 Å². The van der Waals surface area contributed by atoms with Crippen LogP contribution in [0.4, 0.5) is 5.00 Å². The van der Waals surface area contributed by atoms with Crippen molar-refractivity contribution in [1.82, 2.24) is 9.69 Å². The molecule has 0 aliphatic carbocycles. The normalized spacial score (nSPS) is 19.2. The van der Waals surface area contributed by atoms with Crippen LogP contribution in [-0.2, 0) is 4.79 Å².